The van der Waals surface area contributed by atoms with Gasteiger partial charge in [0.1, 0.15) is 0 Å². The Morgan fingerprint density at radius 2 is 1.42 bits per heavy atom. The van der Waals surface area contributed by atoms with Crippen molar-refractivity contribution in [3.63, 3.8) is 0 Å². The van der Waals surface area contributed by atoms with E-state index in [9.17, 15) is 4.79 Å². The number of unbranched alkanes of at least 4 members (excludes halogenated alkanes) is 3. The minimum atomic E-state index is -2.42. The Kier molecular flexibility index (Phi) is 12.2. The van der Waals surface area contributed by atoms with Crippen LogP contribution in [0.15, 0.2) is 20.9 Å². The monoisotopic (exact) mass is 556 g/mol. The molecule has 0 N–H and O–H groups in total. The number of esters is 1. The van der Waals surface area contributed by atoms with Gasteiger partial charge in [0, 0.05) is 0 Å². The number of methoxy groups -OCH3 is 1. The zero-order chi connectivity index (χ0) is 23.7. The average Bonchev–Trinajstić information content (AvgIpc) is 3.08. The van der Waals surface area contributed by atoms with Gasteiger partial charge in [0.15, 0.2) is 0 Å². The molecule has 0 radical (unpaired) electrons. The van der Waals surface area contributed by atoms with Crippen LogP contribution < -0.4 is 0 Å². The topological polar surface area (TPSA) is 26.3 Å². The van der Waals surface area contributed by atoms with Crippen molar-refractivity contribution in [3.05, 3.63) is 20.9 Å². The average molecular weight is 556 g/mol. The van der Waals surface area contributed by atoms with Crippen molar-refractivity contribution in [2.45, 2.75) is 124 Å². The zero-order valence-electron chi connectivity index (χ0n) is 22.3. The molecule has 31 heavy (non-hydrogen) atoms. The van der Waals surface area contributed by atoms with Gasteiger partial charge in [-0.15, -0.1) is 0 Å². The number of hydrogen-bond donors (Lipinski definition) is 0. The number of rotatable bonds is 12. The fraction of sp³-hybridized carbons (Fsp3) is 0.815. The summed E-state index contributed by atoms with van der Waals surface area (Å²) in [6.45, 7) is 19.2. The van der Waals surface area contributed by atoms with Crippen LogP contribution in [-0.4, -0.2) is 39.5 Å². The fourth-order valence-corrected chi connectivity index (χ4v) is 21.7. The predicted octanol–water partition coefficient (Wildman–Crippen LogP) is 8.86. The quantitative estimate of drug-likeness (QED) is 0.178. The first kappa shape index (κ1) is 29.0. The number of carbonyl (C=O) groups excluding carboxylic acids is 1. The normalized spacial score (nSPS) is 20.6. The summed E-state index contributed by atoms with van der Waals surface area (Å²) in [4.78, 5) is 12.5. The van der Waals surface area contributed by atoms with Crippen molar-refractivity contribution >= 4 is 32.4 Å². The van der Waals surface area contributed by atoms with Gasteiger partial charge in [-0.1, -0.05) is 0 Å². The van der Waals surface area contributed by atoms with Crippen LogP contribution in [0.2, 0.25) is 31.4 Å². The fourth-order valence-electron chi connectivity index (χ4n) is 4.70. The summed E-state index contributed by atoms with van der Waals surface area (Å²) in [5, 5.41) is 0.321. The molecular formula is C27H52O2SiSn. The van der Waals surface area contributed by atoms with Crippen LogP contribution in [0.5, 0.6) is 0 Å². The van der Waals surface area contributed by atoms with Gasteiger partial charge in [-0.2, -0.15) is 0 Å². The Morgan fingerprint density at radius 1 is 0.968 bits per heavy atom. The van der Waals surface area contributed by atoms with Crippen molar-refractivity contribution < 1.29 is 9.53 Å². The van der Waals surface area contributed by atoms with Gasteiger partial charge in [0.25, 0.3) is 0 Å². The van der Waals surface area contributed by atoms with E-state index in [4.69, 9.17) is 4.74 Å². The van der Waals surface area contributed by atoms with E-state index in [1.165, 1.54) is 57.4 Å². The number of ether oxygens (including phenoxy) is 1. The van der Waals surface area contributed by atoms with Crippen LogP contribution >= 0.6 is 0 Å². The molecule has 1 rings (SSSR count). The number of carbonyl (C=O) groups is 1. The molecule has 0 aromatic rings. The first-order valence-electron chi connectivity index (χ1n) is 13.0. The van der Waals surface area contributed by atoms with Crippen molar-refractivity contribution in [2.75, 3.05) is 7.11 Å². The maximum atomic E-state index is 12.5. The summed E-state index contributed by atoms with van der Waals surface area (Å²) in [5.74, 6) is 0.0146. The van der Waals surface area contributed by atoms with Crippen LogP contribution in [0.3, 0.4) is 0 Å². The minimum absolute atomic E-state index is 0.0130. The molecule has 180 valence electrons. The van der Waals surface area contributed by atoms with E-state index >= 15 is 0 Å². The predicted molar refractivity (Wildman–Crippen MR) is 143 cm³/mol. The summed E-state index contributed by atoms with van der Waals surface area (Å²) >= 11 is -2.42. The number of hydrogen-bond acceptors (Lipinski definition) is 2. The molecule has 1 aliphatic carbocycles. The maximum absolute atomic E-state index is 12.5. The Hall–Kier alpha value is -0.0344. The van der Waals surface area contributed by atoms with E-state index in [1.807, 2.05) is 0 Å². The van der Waals surface area contributed by atoms with E-state index in [1.54, 1.807) is 12.7 Å². The molecule has 1 saturated carbocycles. The summed E-state index contributed by atoms with van der Waals surface area (Å²) < 4.78 is 12.5. The van der Waals surface area contributed by atoms with E-state index in [0.717, 1.165) is 12.8 Å². The third-order valence-corrected chi connectivity index (χ3v) is 27.1. The van der Waals surface area contributed by atoms with E-state index in [0.29, 0.717) is 5.04 Å². The van der Waals surface area contributed by atoms with Crippen LogP contribution in [0.4, 0.5) is 0 Å². The Bertz CT molecular complexity index is 606. The molecule has 0 aromatic carbocycles. The molecule has 0 saturated heterocycles. The summed E-state index contributed by atoms with van der Waals surface area (Å²) in [7, 11) is -0.0193. The van der Waals surface area contributed by atoms with Crippen molar-refractivity contribution in [3.8, 4) is 0 Å². The zero-order valence-corrected chi connectivity index (χ0v) is 26.2. The molecule has 0 aromatic heterocycles. The molecular weight excluding hydrogens is 503 g/mol. The first-order valence-corrected chi connectivity index (χ1v) is 23.7. The molecule has 1 aliphatic rings. The molecule has 0 spiro atoms. The van der Waals surface area contributed by atoms with Gasteiger partial charge < -0.3 is 0 Å². The van der Waals surface area contributed by atoms with E-state index in [-0.39, 0.29) is 11.9 Å². The second kappa shape index (κ2) is 13.0. The van der Waals surface area contributed by atoms with Gasteiger partial charge in [0.05, 0.1) is 0 Å². The Morgan fingerprint density at radius 3 is 1.81 bits per heavy atom. The van der Waals surface area contributed by atoms with Crippen molar-refractivity contribution in [2.24, 2.45) is 5.92 Å². The molecule has 1 fully saturated rings. The molecule has 1 atom stereocenters. The third kappa shape index (κ3) is 8.68. The van der Waals surface area contributed by atoms with Gasteiger partial charge in [-0.3, -0.25) is 0 Å². The molecule has 0 aliphatic heterocycles. The van der Waals surface area contributed by atoms with Gasteiger partial charge in [-0.25, -0.2) is 0 Å². The number of allylic oxidation sites excluding steroid dienone is 2. The summed E-state index contributed by atoms with van der Waals surface area (Å²) in [6.07, 6.45) is 9.87. The van der Waals surface area contributed by atoms with Crippen LogP contribution in [0, 0.1) is 5.92 Å². The van der Waals surface area contributed by atoms with Gasteiger partial charge in [0.2, 0.25) is 0 Å². The molecule has 2 nitrogen and oxygen atoms in total. The van der Waals surface area contributed by atoms with Crippen molar-refractivity contribution in [1.29, 1.82) is 0 Å². The SMILES string of the molecule is CCC[CH2][Sn](/[CH]=C1/CC(C(=O)OC)CC1=C[Si](C)(C)C(C)(C)C)([CH2]CCC)[CH2]CCC. The summed E-state index contributed by atoms with van der Waals surface area (Å²) in [6, 6.07) is 0. The first-order chi connectivity index (χ1) is 14.4. The Balaban J connectivity index is 3.49. The summed E-state index contributed by atoms with van der Waals surface area (Å²) in [5.41, 5.74) is 5.71. The van der Waals surface area contributed by atoms with Gasteiger partial charge >= 0.3 is 200 Å². The second-order valence-electron chi connectivity index (χ2n) is 11.6. The van der Waals surface area contributed by atoms with Gasteiger partial charge in [-0.05, 0) is 0 Å². The second-order valence-corrected chi connectivity index (χ2v) is 29.7. The molecule has 1 unspecified atom stereocenters. The van der Waals surface area contributed by atoms with Crippen LogP contribution in [-0.2, 0) is 9.53 Å². The third-order valence-electron chi connectivity index (χ3n) is 7.91. The molecule has 0 bridgehead atoms. The van der Waals surface area contributed by atoms with Crippen molar-refractivity contribution in [1.82, 2.24) is 0 Å². The molecule has 4 heteroatoms. The van der Waals surface area contributed by atoms with Crippen LogP contribution in [0.25, 0.3) is 0 Å². The van der Waals surface area contributed by atoms with E-state index in [2.05, 4.69) is 64.4 Å². The Labute approximate surface area is 199 Å². The standard InChI is InChI=1S/C15H25O2Si.3C4H9.Sn/c1-11-8-12(14(16)17-5)9-13(11)10-18(6,7)15(2,3)4;3*1-3-4-2;/h1,10,12H,8-9H2,2-7H3;3*1,3-4H2,2H3;. The van der Waals surface area contributed by atoms with Crippen LogP contribution in [0.1, 0.15) is 92.9 Å². The molecule has 0 amide bonds. The van der Waals surface area contributed by atoms with E-state index < -0.39 is 26.5 Å². The molecule has 0 heterocycles.